The molecular formula is C26H32N4O4. The van der Waals surface area contributed by atoms with E-state index in [4.69, 9.17) is 18.7 Å². The van der Waals surface area contributed by atoms with Crippen molar-refractivity contribution in [3.8, 4) is 28.5 Å². The lowest BCUT2D eigenvalue weighted by atomic mass is 10.1. The zero-order valence-corrected chi connectivity index (χ0v) is 19.9. The van der Waals surface area contributed by atoms with Crippen molar-refractivity contribution in [2.24, 2.45) is 0 Å². The Morgan fingerprint density at radius 3 is 2.56 bits per heavy atom. The van der Waals surface area contributed by atoms with Crippen molar-refractivity contribution in [2.75, 3.05) is 65.1 Å². The normalized spacial score (nSPS) is 15.8. The molecule has 1 fully saturated rings. The van der Waals surface area contributed by atoms with Crippen LogP contribution in [0.25, 0.3) is 11.3 Å². The van der Waals surface area contributed by atoms with E-state index in [2.05, 4.69) is 39.0 Å². The van der Waals surface area contributed by atoms with E-state index in [9.17, 15) is 0 Å². The molecule has 0 N–H and O–H groups in total. The lowest BCUT2D eigenvalue weighted by Gasteiger charge is -2.36. The fraction of sp³-hybridized carbons (Fsp3) is 0.423. The van der Waals surface area contributed by atoms with Crippen LogP contribution in [0.5, 0.6) is 17.2 Å². The molecule has 180 valence electrons. The molecule has 0 radical (unpaired) electrons. The number of nitrogens with zero attached hydrogens (tertiary/aromatic N) is 4. The number of methoxy groups -OCH3 is 1. The summed E-state index contributed by atoms with van der Waals surface area (Å²) in [6, 6.07) is 16.2. The third-order valence-electron chi connectivity index (χ3n) is 6.48. The summed E-state index contributed by atoms with van der Waals surface area (Å²) in [5.74, 6) is 3.29. The number of aromatic nitrogens is 1. The molecule has 2 aliphatic rings. The van der Waals surface area contributed by atoms with Crippen LogP contribution in [-0.2, 0) is 6.54 Å². The van der Waals surface area contributed by atoms with E-state index in [1.54, 1.807) is 7.11 Å². The van der Waals surface area contributed by atoms with Gasteiger partial charge in [0, 0.05) is 43.5 Å². The van der Waals surface area contributed by atoms with Gasteiger partial charge in [0.1, 0.15) is 11.4 Å². The average molecular weight is 465 g/mol. The highest BCUT2D eigenvalue weighted by Crippen LogP contribution is 2.35. The van der Waals surface area contributed by atoms with Crippen LogP contribution < -0.4 is 19.1 Å². The van der Waals surface area contributed by atoms with E-state index < -0.39 is 0 Å². The molecule has 0 unspecified atom stereocenters. The standard InChI is InChI=1S/C26H32N4O4/c1-28(18-23-17-24(27-34-23)20-4-9-25-26(16-20)33-19-32-25)10-3-11-29-12-14-30(15-13-29)21-5-7-22(31-2)8-6-21/h4-9,16-17H,3,10-15,18-19H2,1-2H3. The van der Waals surface area contributed by atoms with Crippen LogP contribution in [0.4, 0.5) is 5.69 Å². The third kappa shape index (κ3) is 5.29. The lowest BCUT2D eigenvalue weighted by Crippen LogP contribution is -2.47. The SMILES string of the molecule is COc1ccc(N2CCN(CCCN(C)Cc3cc(-c4ccc5c(c4)OCO5)no3)CC2)cc1. The molecule has 3 aromatic rings. The minimum atomic E-state index is 0.270. The average Bonchev–Trinajstić information content (AvgIpc) is 3.53. The highest BCUT2D eigenvalue weighted by Gasteiger charge is 2.18. The van der Waals surface area contributed by atoms with Gasteiger partial charge in [0.25, 0.3) is 0 Å². The fourth-order valence-electron chi connectivity index (χ4n) is 4.51. The Kier molecular flexibility index (Phi) is 6.87. The quantitative estimate of drug-likeness (QED) is 0.475. The first-order chi connectivity index (χ1) is 16.7. The van der Waals surface area contributed by atoms with Gasteiger partial charge < -0.3 is 23.6 Å². The lowest BCUT2D eigenvalue weighted by molar-refractivity contribution is 0.174. The van der Waals surface area contributed by atoms with Crippen molar-refractivity contribution < 1.29 is 18.7 Å². The molecule has 2 aromatic carbocycles. The summed E-state index contributed by atoms with van der Waals surface area (Å²) in [5, 5.41) is 4.24. The summed E-state index contributed by atoms with van der Waals surface area (Å²) in [7, 11) is 3.83. The van der Waals surface area contributed by atoms with Gasteiger partial charge in [-0.2, -0.15) is 0 Å². The molecule has 8 nitrogen and oxygen atoms in total. The molecule has 34 heavy (non-hydrogen) atoms. The summed E-state index contributed by atoms with van der Waals surface area (Å²) in [6.45, 7) is 7.44. The first-order valence-electron chi connectivity index (χ1n) is 11.8. The molecule has 5 rings (SSSR count). The Balaban J connectivity index is 1.03. The maximum absolute atomic E-state index is 5.59. The first kappa shape index (κ1) is 22.6. The number of rotatable bonds is 9. The number of piperazine rings is 1. The second-order valence-corrected chi connectivity index (χ2v) is 8.86. The Bertz CT molecular complexity index is 1080. The molecule has 0 spiro atoms. The van der Waals surface area contributed by atoms with Gasteiger partial charge in [0.05, 0.1) is 13.7 Å². The van der Waals surface area contributed by atoms with Gasteiger partial charge in [-0.1, -0.05) is 5.16 Å². The number of benzene rings is 2. The van der Waals surface area contributed by atoms with Gasteiger partial charge in [-0.3, -0.25) is 9.80 Å². The summed E-state index contributed by atoms with van der Waals surface area (Å²) in [5.41, 5.74) is 3.06. The Labute approximate surface area is 200 Å². The molecule has 0 atom stereocenters. The predicted molar refractivity (Wildman–Crippen MR) is 131 cm³/mol. The molecule has 2 aliphatic heterocycles. The largest absolute Gasteiger partial charge is 0.497 e. The minimum Gasteiger partial charge on any atom is -0.497 e. The van der Waals surface area contributed by atoms with E-state index in [0.717, 1.165) is 86.5 Å². The van der Waals surface area contributed by atoms with Crippen molar-refractivity contribution in [3.05, 3.63) is 54.3 Å². The van der Waals surface area contributed by atoms with Gasteiger partial charge in [-0.05, 0) is 69.0 Å². The number of anilines is 1. The van der Waals surface area contributed by atoms with Gasteiger partial charge in [-0.25, -0.2) is 0 Å². The highest BCUT2D eigenvalue weighted by molar-refractivity contribution is 5.64. The monoisotopic (exact) mass is 464 g/mol. The minimum absolute atomic E-state index is 0.270. The van der Waals surface area contributed by atoms with Crippen molar-refractivity contribution in [1.29, 1.82) is 0 Å². The molecule has 1 aromatic heterocycles. The van der Waals surface area contributed by atoms with E-state index in [1.165, 1.54) is 5.69 Å². The van der Waals surface area contributed by atoms with E-state index in [-0.39, 0.29) is 6.79 Å². The number of hydrogen-bond acceptors (Lipinski definition) is 8. The van der Waals surface area contributed by atoms with Crippen molar-refractivity contribution >= 4 is 5.69 Å². The highest BCUT2D eigenvalue weighted by atomic mass is 16.7. The van der Waals surface area contributed by atoms with Crippen LogP contribution in [0.3, 0.4) is 0 Å². The van der Waals surface area contributed by atoms with Crippen LogP contribution in [0.1, 0.15) is 12.2 Å². The molecule has 3 heterocycles. The molecule has 0 bridgehead atoms. The second kappa shape index (κ2) is 10.4. The number of fused-ring (bicyclic) bond motifs is 1. The summed E-state index contributed by atoms with van der Waals surface area (Å²) >= 11 is 0. The topological polar surface area (TPSA) is 63.4 Å². The van der Waals surface area contributed by atoms with Gasteiger partial charge in [-0.15, -0.1) is 0 Å². The molecule has 0 aliphatic carbocycles. The molecule has 0 amide bonds. The second-order valence-electron chi connectivity index (χ2n) is 8.86. The van der Waals surface area contributed by atoms with Crippen LogP contribution in [0.15, 0.2) is 53.1 Å². The van der Waals surface area contributed by atoms with Crippen LogP contribution in [-0.4, -0.2) is 75.2 Å². The fourth-order valence-corrected chi connectivity index (χ4v) is 4.51. The third-order valence-corrected chi connectivity index (χ3v) is 6.48. The van der Waals surface area contributed by atoms with E-state index >= 15 is 0 Å². The van der Waals surface area contributed by atoms with Gasteiger partial charge in [0.2, 0.25) is 6.79 Å². The van der Waals surface area contributed by atoms with Crippen molar-refractivity contribution in [2.45, 2.75) is 13.0 Å². The van der Waals surface area contributed by atoms with Crippen LogP contribution in [0.2, 0.25) is 0 Å². The van der Waals surface area contributed by atoms with Crippen molar-refractivity contribution in [1.82, 2.24) is 15.0 Å². The summed E-state index contributed by atoms with van der Waals surface area (Å²) in [6.07, 6.45) is 1.13. The molecule has 1 saturated heterocycles. The molecular weight excluding hydrogens is 432 g/mol. The predicted octanol–water partition coefficient (Wildman–Crippen LogP) is 3.72. The Hall–Kier alpha value is -3.23. The summed E-state index contributed by atoms with van der Waals surface area (Å²) in [4.78, 5) is 7.29. The Morgan fingerprint density at radius 2 is 1.76 bits per heavy atom. The van der Waals surface area contributed by atoms with Crippen LogP contribution >= 0.6 is 0 Å². The zero-order valence-electron chi connectivity index (χ0n) is 19.9. The van der Waals surface area contributed by atoms with E-state index in [0.29, 0.717) is 0 Å². The van der Waals surface area contributed by atoms with E-state index in [1.807, 2.05) is 36.4 Å². The number of hydrogen-bond donors (Lipinski definition) is 0. The smallest absolute Gasteiger partial charge is 0.231 e. The Morgan fingerprint density at radius 1 is 0.971 bits per heavy atom. The van der Waals surface area contributed by atoms with Gasteiger partial charge >= 0.3 is 0 Å². The maximum atomic E-state index is 5.59. The van der Waals surface area contributed by atoms with Crippen molar-refractivity contribution in [3.63, 3.8) is 0 Å². The maximum Gasteiger partial charge on any atom is 0.231 e. The molecule has 8 heteroatoms. The first-order valence-corrected chi connectivity index (χ1v) is 11.8. The van der Waals surface area contributed by atoms with Gasteiger partial charge in [0.15, 0.2) is 17.3 Å². The summed E-state index contributed by atoms with van der Waals surface area (Å²) < 4.78 is 21.7. The molecule has 0 saturated carbocycles. The number of ether oxygens (including phenoxy) is 3. The zero-order chi connectivity index (χ0) is 23.3. The van der Waals surface area contributed by atoms with Crippen LogP contribution in [0, 0.1) is 0 Å².